The predicted octanol–water partition coefficient (Wildman–Crippen LogP) is 0.992. The van der Waals surface area contributed by atoms with E-state index in [1.807, 2.05) is 6.92 Å². The first kappa shape index (κ1) is 11.7. The molecule has 0 bridgehead atoms. The van der Waals surface area contributed by atoms with E-state index in [1.165, 1.54) is 6.42 Å². The molecule has 66 valence electrons. The van der Waals surface area contributed by atoms with E-state index in [-0.39, 0.29) is 22.5 Å². The maximum atomic E-state index is 10.9. The van der Waals surface area contributed by atoms with Crippen molar-refractivity contribution in [2.75, 3.05) is 0 Å². The molecule has 1 aliphatic rings. The molecule has 0 amide bonds. The average molecular weight is 192 g/mol. The fourth-order valence-electron chi connectivity index (χ4n) is 1.55. The summed E-state index contributed by atoms with van der Waals surface area (Å²) in [6.45, 7) is 1.94. The molecule has 0 aliphatic heterocycles. The third-order valence-electron chi connectivity index (χ3n) is 2.47. The van der Waals surface area contributed by atoms with Gasteiger partial charge in [0.25, 0.3) is 0 Å². The van der Waals surface area contributed by atoms with Crippen molar-refractivity contribution in [3.63, 3.8) is 0 Å². The first-order valence-corrected chi connectivity index (χ1v) is 5.24. The van der Waals surface area contributed by atoms with Gasteiger partial charge in [0, 0.05) is 5.16 Å². The topological polar surface area (TPSA) is 37.3 Å². The Morgan fingerprint density at radius 1 is 1.27 bits per heavy atom. The van der Waals surface area contributed by atoms with E-state index in [1.54, 1.807) is 0 Å². The van der Waals surface area contributed by atoms with E-state index >= 15 is 0 Å². The van der Waals surface area contributed by atoms with E-state index < -0.39 is 8.03 Å². The number of rotatable bonds is 1. The van der Waals surface area contributed by atoms with Crippen LogP contribution in [0.2, 0.25) is 0 Å². The van der Waals surface area contributed by atoms with Crippen molar-refractivity contribution in [3.8, 4) is 0 Å². The van der Waals surface area contributed by atoms with Crippen LogP contribution >= 0.6 is 8.03 Å². The summed E-state index contributed by atoms with van der Waals surface area (Å²) in [6.07, 6.45) is 5.40. The highest BCUT2D eigenvalue weighted by Crippen LogP contribution is 2.45. The van der Waals surface area contributed by atoms with Gasteiger partial charge in [-0.3, -0.25) is 4.57 Å². The molecule has 1 atom stereocenters. The zero-order valence-corrected chi connectivity index (χ0v) is 7.39. The van der Waals surface area contributed by atoms with Gasteiger partial charge in [0.05, 0.1) is 0 Å². The van der Waals surface area contributed by atoms with Crippen LogP contribution in [0, 0.1) is 0 Å². The molecular formula is C7H18AlO2P. The third-order valence-corrected chi connectivity index (χ3v) is 4.01. The molecule has 0 aromatic heterocycles. The fourth-order valence-corrected chi connectivity index (χ4v) is 2.33. The fraction of sp³-hybridized carbons (Fsp3) is 1.00. The molecular weight excluding hydrogens is 174 g/mol. The van der Waals surface area contributed by atoms with Crippen molar-refractivity contribution in [1.82, 2.24) is 0 Å². The predicted molar refractivity (Wildman–Crippen MR) is 52.6 cm³/mol. The maximum Gasteiger partial charge on any atom is 0.194 e. The van der Waals surface area contributed by atoms with E-state index in [0.717, 1.165) is 25.7 Å². The lowest BCUT2D eigenvalue weighted by Crippen LogP contribution is -2.22. The van der Waals surface area contributed by atoms with Gasteiger partial charge >= 0.3 is 0 Å². The third kappa shape index (κ3) is 2.92. The molecule has 0 spiro atoms. The summed E-state index contributed by atoms with van der Waals surface area (Å²) in [5.74, 6) is 0. The molecule has 1 aliphatic carbocycles. The summed E-state index contributed by atoms with van der Waals surface area (Å²) >= 11 is 0. The Balaban J connectivity index is 0.000001000. The molecule has 0 aromatic rings. The van der Waals surface area contributed by atoms with Crippen molar-refractivity contribution in [3.05, 3.63) is 0 Å². The van der Waals surface area contributed by atoms with Gasteiger partial charge in [-0.15, -0.1) is 0 Å². The molecule has 1 saturated carbocycles. The monoisotopic (exact) mass is 192 g/mol. The zero-order valence-electron chi connectivity index (χ0n) is 6.39. The highest BCUT2D eigenvalue weighted by atomic mass is 31.1. The van der Waals surface area contributed by atoms with Crippen LogP contribution < -0.4 is 0 Å². The summed E-state index contributed by atoms with van der Waals surface area (Å²) in [7, 11) is -2.28. The standard InChI is InChI=1S/C7H15O2P.Al.3H/c1-7(10(8)9)5-3-2-4-6-7;;;;/h10H,2-6H2,1H3,(H,8,9);;;;. The second kappa shape index (κ2) is 4.68. The summed E-state index contributed by atoms with van der Waals surface area (Å²) < 4.78 is 10.9. The highest BCUT2D eigenvalue weighted by molar-refractivity contribution is 7.40. The Kier molecular flexibility index (Phi) is 4.98. The van der Waals surface area contributed by atoms with Gasteiger partial charge in [-0.05, 0) is 12.8 Å². The minimum atomic E-state index is -2.28. The number of hydrogen-bond acceptors (Lipinski definition) is 1. The second-order valence-corrected chi connectivity index (χ2v) is 5.24. The van der Waals surface area contributed by atoms with Gasteiger partial charge in [0.2, 0.25) is 0 Å². The lowest BCUT2D eigenvalue weighted by atomic mass is 9.90. The van der Waals surface area contributed by atoms with Gasteiger partial charge < -0.3 is 4.89 Å². The molecule has 0 heterocycles. The van der Waals surface area contributed by atoms with Crippen LogP contribution in [-0.2, 0) is 4.57 Å². The molecule has 4 heteroatoms. The summed E-state index contributed by atoms with van der Waals surface area (Å²) in [4.78, 5) is 8.98. The van der Waals surface area contributed by atoms with Crippen molar-refractivity contribution in [2.45, 2.75) is 44.2 Å². The van der Waals surface area contributed by atoms with Gasteiger partial charge in [0.15, 0.2) is 25.4 Å². The van der Waals surface area contributed by atoms with Crippen molar-refractivity contribution in [1.29, 1.82) is 0 Å². The quantitative estimate of drug-likeness (QED) is 0.497. The van der Waals surface area contributed by atoms with Crippen LogP contribution in [0.3, 0.4) is 0 Å². The SMILES string of the molecule is CC1([PH](=O)O)CCCCC1.[AlH3]. The van der Waals surface area contributed by atoms with Crippen molar-refractivity contribution in [2.24, 2.45) is 0 Å². The van der Waals surface area contributed by atoms with Crippen LogP contribution in [0.15, 0.2) is 0 Å². The molecule has 0 radical (unpaired) electrons. The highest BCUT2D eigenvalue weighted by Gasteiger charge is 2.31. The van der Waals surface area contributed by atoms with Crippen LogP contribution in [0.4, 0.5) is 0 Å². The molecule has 2 nitrogen and oxygen atoms in total. The van der Waals surface area contributed by atoms with Gasteiger partial charge in [-0.25, -0.2) is 0 Å². The molecule has 1 unspecified atom stereocenters. The normalized spacial score (nSPS) is 25.3. The Labute approximate surface area is 79.4 Å². The van der Waals surface area contributed by atoms with E-state index in [2.05, 4.69) is 0 Å². The van der Waals surface area contributed by atoms with E-state index in [9.17, 15) is 4.57 Å². The van der Waals surface area contributed by atoms with Crippen LogP contribution in [-0.4, -0.2) is 27.4 Å². The Morgan fingerprint density at radius 2 is 1.73 bits per heavy atom. The van der Waals surface area contributed by atoms with Crippen molar-refractivity contribution < 1.29 is 9.46 Å². The van der Waals surface area contributed by atoms with Gasteiger partial charge in [-0.1, -0.05) is 26.2 Å². The Bertz CT molecular complexity index is 143. The molecule has 1 rings (SSSR count). The Hall–Kier alpha value is 0.722. The molecule has 0 saturated heterocycles. The molecule has 11 heavy (non-hydrogen) atoms. The van der Waals surface area contributed by atoms with Crippen molar-refractivity contribution >= 4 is 25.4 Å². The number of hydrogen-bond donors (Lipinski definition) is 1. The molecule has 1 N–H and O–H groups in total. The first-order valence-electron chi connectivity index (χ1n) is 3.88. The lowest BCUT2D eigenvalue weighted by Gasteiger charge is -2.30. The Morgan fingerprint density at radius 3 is 2.00 bits per heavy atom. The molecule has 0 aromatic carbocycles. The lowest BCUT2D eigenvalue weighted by molar-refractivity contribution is 0.369. The maximum absolute atomic E-state index is 10.9. The minimum Gasteiger partial charge on any atom is -0.346 e. The molecule has 1 fully saturated rings. The smallest absolute Gasteiger partial charge is 0.194 e. The van der Waals surface area contributed by atoms with Crippen LogP contribution in [0.25, 0.3) is 0 Å². The van der Waals surface area contributed by atoms with E-state index in [4.69, 9.17) is 4.89 Å². The van der Waals surface area contributed by atoms with E-state index in [0.29, 0.717) is 0 Å². The summed E-state index contributed by atoms with van der Waals surface area (Å²) in [5, 5.41) is -0.219. The largest absolute Gasteiger partial charge is 0.346 e. The van der Waals surface area contributed by atoms with Crippen LogP contribution in [0.5, 0.6) is 0 Å². The van der Waals surface area contributed by atoms with Gasteiger partial charge in [0.1, 0.15) is 0 Å². The van der Waals surface area contributed by atoms with Crippen LogP contribution in [0.1, 0.15) is 39.0 Å². The first-order chi connectivity index (χ1) is 4.65. The minimum absolute atomic E-state index is 0. The average Bonchev–Trinajstić information content (AvgIpc) is 1.89. The summed E-state index contributed by atoms with van der Waals surface area (Å²) in [5.41, 5.74) is 0. The zero-order chi connectivity index (χ0) is 7.61. The summed E-state index contributed by atoms with van der Waals surface area (Å²) in [6, 6.07) is 0. The second-order valence-electron chi connectivity index (χ2n) is 3.43. The van der Waals surface area contributed by atoms with Gasteiger partial charge in [-0.2, -0.15) is 0 Å².